The summed E-state index contributed by atoms with van der Waals surface area (Å²) in [6.07, 6.45) is 3.82. The van der Waals surface area contributed by atoms with E-state index < -0.39 is 52.1 Å². The second kappa shape index (κ2) is 14.3. The molecule has 2 unspecified atom stereocenters. The molecule has 2 amide bonds. The Morgan fingerprint density at radius 3 is 2.02 bits per heavy atom. The Labute approximate surface area is 266 Å². The molecule has 0 spiro atoms. The summed E-state index contributed by atoms with van der Waals surface area (Å²) in [6.45, 7) is 7.88. The van der Waals surface area contributed by atoms with Gasteiger partial charge in [0.15, 0.2) is 11.6 Å². The lowest BCUT2D eigenvalue weighted by Crippen LogP contribution is -2.66. The van der Waals surface area contributed by atoms with Gasteiger partial charge in [-0.3, -0.25) is 19.2 Å². The number of carbonyl (C=O) groups excluding carboxylic acids is 4. The van der Waals surface area contributed by atoms with Gasteiger partial charge in [-0.25, -0.2) is 0 Å². The van der Waals surface area contributed by atoms with E-state index in [1.54, 1.807) is 13.1 Å². The number of ketones is 2. The molecule has 0 aliphatic heterocycles. The van der Waals surface area contributed by atoms with Crippen LogP contribution in [0.5, 0.6) is 0 Å². The second-order valence-electron chi connectivity index (χ2n) is 13.1. The van der Waals surface area contributed by atoms with Crippen LogP contribution in [-0.2, 0) is 32.0 Å². The predicted molar refractivity (Wildman–Crippen MR) is 179 cm³/mol. The summed E-state index contributed by atoms with van der Waals surface area (Å²) in [4.78, 5) is 55.4. The third-order valence-corrected chi connectivity index (χ3v) is 8.23. The van der Waals surface area contributed by atoms with Crippen molar-refractivity contribution in [1.29, 1.82) is 0 Å². The van der Waals surface area contributed by atoms with E-state index in [9.17, 15) is 19.2 Å². The van der Waals surface area contributed by atoms with Gasteiger partial charge in [-0.1, -0.05) is 78.9 Å². The van der Waals surface area contributed by atoms with Crippen LogP contribution in [0.25, 0.3) is 10.8 Å². The Morgan fingerprint density at radius 1 is 0.822 bits per heavy atom. The molecule has 0 radical (unpaired) electrons. The van der Waals surface area contributed by atoms with Crippen LogP contribution in [0, 0.1) is 5.92 Å². The molecular weight excluding hydrogens is 566 g/mol. The number of likely N-dealkylation sites (N-methyl/N-ethyl adjacent to an activating group) is 1. The Kier molecular flexibility index (Phi) is 11.2. The minimum atomic E-state index is -1.77. The van der Waals surface area contributed by atoms with Crippen molar-refractivity contribution in [1.82, 2.24) is 10.2 Å². The number of Topliss-reactive ketones (excluding diaryl/α,β-unsaturated/α-hetero) is 2. The van der Waals surface area contributed by atoms with Gasteiger partial charge in [0.05, 0.1) is 17.5 Å². The van der Waals surface area contributed by atoms with E-state index in [0.717, 1.165) is 21.9 Å². The Balaban J connectivity index is 2.06. The van der Waals surface area contributed by atoms with Crippen LogP contribution >= 0.6 is 0 Å². The summed E-state index contributed by atoms with van der Waals surface area (Å²) in [5.74, 6) is -3.11. The zero-order valence-electron chi connectivity index (χ0n) is 27.2. The van der Waals surface area contributed by atoms with Crippen molar-refractivity contribution >= 4 is 34.2 Å². The van der Waals surface area contributed by atoms with E-state index in [-0.39, 0.29) is 12.8 Å². The van der Waals surface area contributed by atoms with Crippen molar-refractivity contribution in [3.63, 3.8) is 0 Å². The fourth-order valence-electron chi connectivity index (χ4n) is 5.12. The van der Waals surface area contributed by atoms with Crippen molar-refractivity contribution in [3.8, 4) is 0 Å². The minimum Gasteiger partial charge on any atom is -0.332 e. The lowest BCUT2D eigenvalue weighted by molar-refractivity contribution is -0.142. The monoisotopic (exact) mass is 613 g/mol. The molecule has 4 atom stereocenters. The summed E-state index contributed by atoms with van der Waals surface area (Å²) in [6, 6.07) is 21.9. The molecule has 3 rings (SSSR count). The fraction of sp³-hybridized carbons (Fsp3) is 0.389. The average molecular weight is 614 g/mol. The normalized spacial score (nSPS) is 15.9. The van der Waals surface area contributed by atoms with Crippen LogP contribution in [0.15, 0.2) is 84.9 Å². The van der Waals surface area contributed by atoms with Crippen LogP contribution in [0.3, 0.4) is 0 Å². The number of hydrogen-bond acceptors (Lipinski definition) is 7. The smallest absolute Gasteiger partial charge is 0.246 e. The third kappa shape index (κ3) is 9.41. The van der Waals surface area contributed by atoms with Crippen LogP contribution in [0.1, 0.15) is 52.2 Å². The third-order valence-electron chi connectivity index (χ3n) is 8.23. The quantitative estimate of drug-likeness (QED) is 0.160. The molecule has 0 aromatic heterocycles. The number of rotatable bonds is 14. The van der Waals surface area contributed by atoms with Crippen LogP contribution in [-0.4, -0.2) is 58.1 Å². The first-order valence-corrected chi connectivity index (χ1v) is 15.1. The number of benzene rings is 3. The maximum atomic E-state index is 14.6. The van der Waals surface area contributed by atoms with Crippen LogP contribution < -0.4 is 22.5 Å². The van der Waals surface area contributed by atoms with Crippen LogP contribution in [0.4, 0.5) is 0 Å². The van der Waals surface area contributed by atoms with Gasteiger partial charge < -0.3 is 27.4 Å². The summed E-state index contributed by atoms with van der Waals surface area (Å²) >= 11 is 0. The van der Waals surface area contributed by atoms with Crippen molar-refractivity contribution in [2.75, 3.05) is 7.05 Å². The number of amides is 2. The lowest BCUT2D eigenvalue weighted by atomic mass is 9.75. The van der Waals surface area contributed by atoms with E-state index in [0.29, 0.717) is 6.42 Å². The predicted octanol–water partition coefficient (Wildman–Crippen LogP) is 3.42. The lowest BCUT2D eigenvalue weighted by Gasteiger charge is -2.38. The molecule has 9 nitrogen and oxygen atoms in total. The van der Waals surface area contributed by atoms with E-state index >= 15 is 0 Å². The fourth-order valence-corrected chi connectivity index (χ4v) is 5.12. The topological polar surface area (TPSA) is 162 Å². The molecule has 3 aromatic rings. The molecule has 0 bridgehead atoms. The summed E-state index contributed by atoms with van der Waals surface area (Å²) < 4.78 is 0. The number of fused-ring (bicyclic) bond motifs is 1. The van der Waals surface area contributed by atoms with Gasteiger partial charge >= 0.3 is 0 Å². The maximum Gasteiger partial charge on any atom is 0.246 e. The highest BCUT2D eigenvalue weighted by atomic mass is 16.2. The molecule has 0 aliphatic rings. The molecule has 45 heavy (non-hydrogen) atoms. The van der Waals surface area contributed by atoms with E-state index in [2.05, 4.69) is 5.32 Å². The Morgan fingerprint density at radius 2 is 1.42 bits per heavy atom. The van der Waals surface area contributed by atoms with Crippen molar-refractivity contribution in [3.05, 3.63) is 96.1 Å². The Hall–Kier alpha value is -4.18. The highest BCUT2D eigenvalue weighted by Crippen LogP contribution is 2.27. The average Bonchev–Trinajstić information content (AvgIpc) is 2.97. The van der Waals surface area contributed by atoms with E-state index in [1.165, 1.54) is 31.7 Å². The van der Waals surface area contributed by atoms with E-state index in [1.807, 2.05) is 86.6 Å². The first-order chi connectivity index (χ1) is 20.9. The first kappa shape index (κ1) is 35.3. The molecule has 0 saturated carbocycles. The molecule has 0 heterocycles. The van der Waals surface area contributed by atoms with Gasteiger partial charge in [0, 0.05) is 19.0 Å². The van der Waals surface area contributed by atoms with Gasteiger partial charge in [0.1, 0.15) is 5.66 Å². The molecule has 7 N–H and O–H groups in total. The van der Waals surface area contributed by atoms with Gasteiger partial charge in [0.2, 0.25) is 11.8 Å². The number of hydrogen-bond donors (Lipinski definition) is 4. The molecule has 0 fully saturated rings. The Bertz CT molecular complexity index is 1560. The first-order valence-electron chi connectivity index (χ1n) is 15.1. The SMILES string of the molecule is CC(=O)C(C)(N)NC(=O)[C@@H](Cc1ccccc1)C(C)(N)C(=O)[C@@H](Cc1ccc2ccccc2c1)N(C)C(=O)/C=C/CC(C)(C)N. The zero-order valence-corrected chi connectivity index (χ0v) is 27.2. The summed E-state index contributed by atoms with van der Waals surface area (Å²) in [7, 11) is 1.55. The number of nitrogens with zero attached hydrogens (tertiary/aromatic N) is 1. The van der Waals surface area contributed by atoms with Gasteiger partial charge in [-0.05, 0) is 75.4 Å². The van der Waals surface area contributed by atoms with Gasteiger partial charge in [-0.15, -0.1) is 0 Å². The number of nitrogens with two attached hydrogens (primary N) is 3. The molecule has 9 heteroatoms. The molecule has 0 aliphatic carbocycles. The molecular formula is C36H47N5O4. The van der Waals surface area contributed by atoms with Crippen molar-refractivity contribution in [2.45, 2.75) is 76.7 Å². The summed E-state index contributed by atoms with van der Waals surface area (Å²) in [5, 5.41) is 4.62. The molecule has 0 saturated heterocycles. The molecule has 3 aromatic carbocycles. The van der Waals surface area contributed by atoms with Gasteiger partial charge in [0.25, 0.3) is 0 Å². The second-order valence-corrected chi connectivity index (χ2v) is 13.1. The number of carbonyl (C=O) groups is 4. The van der Waals surface area contributed by atoms with Crippen LogP contribution in [0.2, 0.25) is 0 Å². The highest BCUT2D eigenvalue weighted by molar-refractivity contribution is 6.02. The largest absolute Gasteiger partial charge is 0.332 e. The van der Waals surface area contributed by atoms with Crippen molar-refractivity contribution in [2.24, 2.45) is 23.1 Å². The minimum absolute atomic E-state index is 0.102. The molecule has 240 valence electrons. The number of nitrogens with one attached hydrogen (secondary N) is 1. The maximum absolute atomic E-state index is 14.6. The van der Waals surface area contributed by atoms with E-state index in [4.69, 9.17) is 17.2 Å². The van der Waals surface area contributed by atoms with Gasteiger partial charge in [-0.2, -0.15) is 0 Å². The standard InChI is InChI=1S/C36H47N5O4/c1-24(42)36(5,39)40-33(45)29(22-25-13-8-7-9-14-25)35(4,38)32(44)30(41(6)31(43)17-12-20-34(2,3)37)23-26-18-19-27-15-10-11-16-28(27)21-26/h7-19,21,29-30H,20,22-23,37-39H2,1-6H3,(H,40,45)/b17-12+/t29-,30-,35?,36?/m1/s1. The zero-order chi connectivity index (χ0) is 33.6. The highest BCUT2D eigenvalue weighted by Gasteiger charge is 2.47. The van der Waals surface area contributed by atoms with Crippen molar-refractivity contribution < 1.29 is 19.2 Å². The summed E-state index contributed by atoms with van der Waals surface area (Å²) in [5.41, 5.74) is 16.7.